The topological polar surface area (TPSA) is 61.4 Å². The number of nitrogens with zero attached hydrogens (tertiary/aromatic N) is 1. The first kappa shape index (κ1) is 14.4. The fourth-order valence-electron chi connectivity index (χ4n) is 2.00. The van der Waals surface area contributed by atoms with Crippen LogP contribution in [0.2, 0.25) is 0 Å². The lowest BCUT2D eigenvalue weighted by Gasteiger charge is -2.10. The van der Waals surface area contributed by atoms with Crippen molar-refractivity contribution in [2.24, 2.45) is 4.99 Å². The van der Waals surface area contributed by atoms with E-state index in [0.717, 1.165) is 30.3 Å². The Kier molecular flexibility index (Phi) is 5.43. The van der Waals surface area contributed by atoms with E-state index in [0.29, 0.717) is 13.2 Å². The standard InChI is InChI=1S/C15H22N4O/c1-3-16-15(17-8-9-20-2)18-11-13-10-12-6-4-5-7-14(12)19-13/h4-7,10,19H,3,8-9,11H2,1-2H3,(H2,16,17,18). The largest absolute Gasteiger partial charge is 0.383 e. The Bertz CT molecular complexity index is 529. The molecule has 1 aromatic carbocycles. The van der Waals surface area contributed by atoms with Gasteiger partial charge in [-0.3, -0.25) is 0 Å². The maximum atomic E-state index is 5.02. The van der Waals surface area contributed by atoms with Crippen LogP contribution < -0.4 is 10.6 Å². The molecule has 0 aliphatic heterocycles. The highest BCUT2D eigenvalue weighted by atomic mass is 16.5. The van der Waals surface area contributed by atoms with E-state index >= 15 is 0 Å². The molecule has 0 aliphatic carbocycles. The summed E-state index contributed by atoms with van der Waals surface area (Å²) in [6.07, 6.45) is 0. The number of aliphatic imine (C=N–C) groups is 1. The summed E-state index contributed by atoms with van der Waals surface area (Å²) in [7, 11) is 1.69. The molecular weight excluding hydrogens is 252 g/mol. The van der Waals surface area contributed by atoms with Gasteiger partial charge in [0.1, 0.15) is 0 Å². The molecule has 108 valence electrons. The van der Waals surface area contributed by atoms with E-state index < -0.39 is 0 Å². The van der Waals surface area contributed by atoms with Gasteiger partial charge < -0.3 is 20.4 Å². The van der Waals surface area contributed by atoms with E-state index in [1.807, 2.05) is 12.1 Å². The zero-order valence-corrected chi connectivity index (χ0v) is 12.1. The molecule has 0 saturated heterocycles. The normalized spacial score (nSPS) is 11.8. The third-order valence-corrected chi connectivity index (χ3v) is 2.94. The van der Waals surface area contributed by atoms with Crippen molar-refractivity contribution < 1.29 is 4.74 Å². The number of guanidine groups is 1. The Morgan fingerprint density at radius 1 is 1.30 bits per heavy atom. The van der Waals surface area contributed by atoms with Gasteiger partial charge in [-0.2, -0.15) is 0 Å². The number of H-pyrrole nitrogens is 1. The van der Waals surface area contributed by atoms with Gasteiger partial charge in [0.25, 0.3) is 0 Å². The molecule has 0 atom stereocenters. The monoisotopic (exact) mass is 274 g/mol. The summed E-state index contributed by atoms with van der Waals surface area (Å²) in [6, 6.07) is 10.4. The predicted molar refractivity (Wildman–Crippen MR) is 83.0 cm³/mol. The van der Waals surface area contributed by atoms with Gasteiger partial charge in [0.2, 0.25) is 0 Å². The highest BCUT2D eigenvalue weighted by molar-refractivity contribution is 5.81. The van der Waals surface area contributed by atoms with Gasteiger partial charge in [-0.15, -0.1) is 0 Å². The Morgan fingerprint density at radius 2 is 2.15 bits per heavy atom. The molecular formula is C15H22N4O. The second kappa shape index (κ2) is 7.55. The molecule has 0 bridgehead atoms. The quantitative estimate of drug-likeness (QED) is 0.428. The van der Waals surface area contributed by atoms with Crippen LogP contribution in [0.15, 0.2) is 35.3 Å². The second-order valence-electron chi connectivity index (χ2n) is 4.50. The van der Waals surface area contributed by atoms with Gasteiger partial charge in [-0.25, -0.2) is 4.99 Å². The van der Waals surface area contributed by atoms with E-state index in [-0.39, 0.29) is 0 Å². The lowest BCUT2D eigenvalue weighted by molar-refractivity contribution is 0.203. The van der Waals surface area contributed by atoms with E-state index in [2.05, 4.69) is 45.7 Å². The molecule has 0 aliphatic rings. The van der Waals surface area contributed by atoms with Gasteiger partial charge in [0.05, 0.1) is 13.2 Å². The number of ether oxygens (including phenoxy) is 1. The smallest absolute Gasteiger partial charge is 0.191 e. The third-order valence-electron chi connectivity index (χ3n) is 2.94. The zero-order chi connectivity index (χ0) is 14.2. The van der Waals surface area contributed by atoms with Gasteiger partial charge in [-0.1, -0.05) is 18.2 Å². The van der Waals surface area contributed by atoms with Crippen molar-refractivity contribution in [1.82, 2.24) is 15.6 Å². The van der Waals surface area contributed by atoms with Crippen LogP contribution in [0.1, 0.15) is 12.6 Å². The number of hydrogen-bond acceptors (Lipinski definition) is 2. The summed E-state index contributed by atoms with van der Waals surface area (Å²) in [5.74, 6) is 0.809. The molecule has 1 heterocycles. The van der Waals surface area contributed by atoms with Crippen molar-refractivity contribution in [3.8, 4) is 0 Å². The van der Waals surface area contributed by atoms with Crippen LogP contribution >= 0.6 is 0 Å². The fourth-order valence-corrected chi connectivity index (χ4v) is 2.00. The van der Waals surface area contributed by atoms with Gasteiger partial charge in [0.15, 0.2) is 5.96 Å². The zero-order valence-electron chi connectivity index (χ0n) is 12.1. The molecule has 1 aromatic heterocycles. The number of hydrogen-bond donors (Lipinski definition) is 3. The number of para-hydroxylation sites is 1. The summed E-state index contributed by atoms with van der Waals surface area (Å²) < 4.78 is 5.02. The summed E-state index contributed by atoms with van der Waals surface area (Å²) in [5, 5.41) is 7.66. The summed E-state index contributed by atoms with van der Waals surface area (Å²) >= 11 is 0. The average molecular weight is 274 g/mol. The summed E-state index contributed by atoms with van der Waals surface area (Å²) in [5.41, 5.74) is 2.25. The Labute approximate surface area is 119 Å². The molecule has 0 amide bonds. The minimum Gasteiger partial charge on any atom is -0.383 e. The predicted octanol–water partition coefficient (Wildman–Crippen LogP) is 1.87. The molecule has 0 unspecified atom stereocenters. The molecule has 5 nitrogen and oxygen atoms in total. The van der Waals surface area contributed by atoms with Gasteiger partial charge in [0, 0.05) is 31.4 Å². The minimum absolute atomic E-state index is 0.622. The summed E-state index contributed by atoms with van der Waals surface area (Å²) in [4.78, 5) is 7.93. The van der Waals surface area contributed by atoms with Crippen LogP contribution in [0, 0.1) is 0 Å². The Hall–Kier alpha value is -2.01. The first-order valence-corrected chi connectivity index (χ1v) is 6.91. The maximum Gasteiger partial charge on any atom is 0.191 e. The highest BCUT2D eigenvalue weighted by Gasteiger charge is 2.00. The van der Waals surface area contributed by atoms with Crippen LogP contribution in [0.3, 0.4) is 0 Å². The van der Waals surface area contributed by atoms with Crippen molar-refractivity contribution in [3.05, 3.63) is 36.0 Å². The number of benzene rings is 1. The van der Waals surface area contributed by atoms with E-state index in [1.165, 1.54) is 5.39 Å². The molecule has 0 radical (unpaired) electrons. The Balaban J connectivity index is 2.00. The van der Waals surface area contributed by atoms with E-state index in [4.69, 9.17) is 4.74 Å². The molecule has 0 fully saturated rings. The lowest BCUT2D eigenvalue weighted by Crippen LogP contribution is -2.38. The fraction of sp³-hybridized carbons (Fsp3) is 0.400. The van der Waals surface area contributed by atoms with Crippen LogP contribution in [0.4, 0.5) is 0 Å². The first-order valence-electron chi connectivity index (χ1n) is 6.91. The SMILES string of the molecule is CCNC(=NCc1cc2ccccc2[nH]1)NCCOC. The van der Waals surface area contributed by atoms with Gasteiger partial charge in [-0.05, 0) is 24.4 Å². The lowest BCUT2D eigenvalue weighted by atomic mass is 10.2. The number of fused-ring (bicyclic) bond motifs is 1. The van der Waals surface area contributed by atoms with Crippen molar-refractivity contribution in [3.63, 3.8) is 0 Å². The summed E-state index contributed by atoms with van der Waals surface area (Å²) in [6.45, 7) is 4.92. The first-order chi connectivity index (χ1) is 9.83. The van der Waals surface area contributed by atoms with Crippen molar-refractivity contribution in [2.45, 2.75) is 13.5 Å². The Morgan fingerprint density at radius 3 is 2.90 bits per heavy atom. The van der Waals surface area contributed by atoms with Gasteiger partial charge >= 0.3 is 0 Å². The maximum absolute atomic E-state index is 5.02. The number of aromatic amines is 1. The highest BCUT2D eigenvalue weighted by Crippen LogP contribution is 2.14. The van der Waals surface area contributed by atoms with Crippen LogP contribution in [0.25, 0.3) is 10.9 Å². The number of rotatable bonds is 6. The van der Waals surface area contributed by atoms with Crippen molar-refractivity contribution in [1.29, 1.82) is 0 Å². The number of nitrogens with one attached hydrogen (secondary N) is 3. The number of aromatic nitrogens is 1. The van der Waals surface area contributed by atoms with Crippen molar-refractivity contribution >= 4 is 16.9 Å². The molecule has 5 heteroatoms. The van der Waals surface area contributed by atoms with E-state index in [9.17, 15) is 0 Å². The second-order valence-corrected chi connectivity index (χ2v) is 4.50. The van der Waals surface area contributed by atoms with Crippen LogP contribution in [-0.4, -0.2) is 37.7 Å². The third kappa shape index (κ3) is 3.99. The number of methoxy groups -OCH3 is 1. The molecule has 0 saturated carbocycles. The minimum atomic E-state index is 0.622. The molecule has 20 heavy (non-hydrogen) atoms. The average Bonchev–Trinajstić information content (AvgIpc) is 2.87. The molecule has 2 rings (SSSR count). The van der Waals surface area contributed by atoms with Crippen LogP contribution in [0.5, 0.6) is 0 Å². The molecule has 3 N–H and O–H groups in total. The van der Waals surface area contributed by atoms with Crippen molar-refractivity contribution in [2.75, 3.05) is 26.8 Å². The molecule has 0 spiro atoms. The van der Waals surface area contributed by atoms with E-state index in [1.54, 1.807) is 7.11 Å². The molecule has 2 aromatic rings. The van der Waals surface area contributed by atoms with Crippen LogP contribution in [-0.2, 0) is 11.3 Å².